The summed E-state index contributed by atoms with van der Waals surface area (Å²) in [5.41, 5.74) is 0. The second-order valence-electron chi connectivity index (χ2n) is 3.64. The lowest BCUT2D eigenvalue weighted by Gasteiger charge is -2.07. The van der Waals surface area contributed by atoms with Gasteiger partial charge in [0.25, 0.3) is 0 Å². The van der Waals surface area contributed by atoms with Crippen LogP contribution in [-0.2, 0) is 0 Å². The smallest absolute Gasteiger partial charge is 0.112 e. The highest BCUT2D eigenvalue weighted by Gasteiger charge is 2.55. The van der Waals surface area contributed by atoms with Gasteiger partial charge in [0.15, 0.2) is 0 Å². The summed E-state index contributed by atoms with van der Waals surface area (Å²) in [7, 11) is 0. The highest BCUT2D eigenvalue weighted by Crippen LogP contribution is 2.56. The van der Waals surface area contributed by atoms with Crippen molar-refractivity contribution in [3.8, 4) is 6.07 Å². The van der Waals surface area contributed by atoms with Crippen LogP contribution in [0.1, 0.15) is 6.42 Å². The summed E-state index contributed by atoms with van der Waals surface area (Å²) in [6.45, 7) is 0.0845. The van der Waals surface area contributed by atoms with Crippen LogP contribution in [0.25, 0.3) is 0 Å². The highest BCUT2D eigenvalue weighted by molar-refractivity contribution is 8.01. The van der Waals surface area contributed by atoms with E-state index in [4.69, 9.17) is 22.0 Å². The molecule has 1 aromatic rings. The van der Waals surface area contributed by atoms with Crippen LogP contribution >= 0.6 is 23.4 Å². The van der Waals surface area contributed by atoms with E-state index in [2.05, 4.69) is 6.07 Å². The molecule has 2 nitrogen and oxygen atoms in total. The zero-order valence-electron chi connectivity index (χ0n) is 7.98. The molecular weight excluding hydrogens is 230 g/mol. The zero-order chi connectivity index (χ0) is 10.9. The lowest BCUT2D eigenvalue weighted by molar-refractivity contribution is 0.275. The second kappa shape index (κ2) is 4.05. The van der Waals surface area contributed by atoms with Gasteiger partial charge in [-0.05, 0) is 24.6 Å². The summed E-state index contributed by atoms with van der Waals surface area (Å²) in [6, 6.07) is 9.73. The Hall–Kier alpha value is -0.690. The molecule has 0 aromatic heterocycles. The number of aliphatic hydroxyl groups excluding tert-OH is 1. The number of benzene rings is 1. The first kappa shape index (κ1) is 10.8. The summed E-state index contributed by atoms with van der Waals surface area (Å²) in [6.07, 6.45) is 0.761. The average Bonchev–Trinajstić information content (AvgIpc) is 2.92. The van der Waals surface area contributed by atoms with E-state index >= 15 is 0 Å². The van der Waals surface area contributed by atoms with Gasteiger partial charge >= 0.3 is 0 Å². The van der Waals surface area contributed by atoms with Crippen LogP contribution < -0.4 is 0 Å². The van der Waals surface area contributed by atoms with Crippen molar-refractivity contribution >= 4 is 23.4 Å². The molecule has 2 unspecified atom stereocenters. The zero-order valence-corrected chi connectivity index (χ0v) is 9.55. The number of halogens is 1. The second-order valence-corrected chi connectivity index (χ2v) is 5.48. The Morgan fingerprint density at radius 3 is 3.00 bits per heavy atom. The standard InChI is InChI=1S/C11H10ClNOS/c12-9-2-1-3-10(4-9)15-11(7-13)5-8(11)6-14/h1-4,8,14H,5-6H2. The highest BCUT2D eigenvalue weighted by atomic mass is 35.5. The molecule has 1 aliphatic rings. The predicted molar refractivity (Wildman–Crippen MR) is 60.8 cm³/mol. The largest absolute Gasteiger partial charge is 0.396 e. The van der Waals surface area contributed by atoms with Gasteiger partial charge in [0.2, 0.25) is 0 Å². The number of thioether (sulfide) groups is 1. The Bertz CT molecular complexity index is 417. The van der Waals surface area contributed by atoms with E-state index in [1.54, 1.807) is 6.07 Å². The van der Waals surface area contributed by atoms with Crippen molar-refractivity contribution < 1.29 is 5.11 Å². The Morgan fingerprint density at radius 2 is 2.47 bits per heavy atom. The number of aliphatic hydroxyl groups is 1. The van der Waals surface area contributed by atoms with Crippen LogP contribution in [0.5, 0.6) is 0 Å². The topological polar surface area (TPSA) is 44.0 Å². The van der Waals surface area contributed by atoms with Gasteiger partial charge in [0.05, 0.1) is 6.07 Å². The third-order valence-corrected chi connectivity index (χ3v) is 4.23. The number of nitriles is 1. The van der Waals surface area contributed by atoms with E-state index in [0.29, 0.717) is 5.02 Å². The molecule has 0 spiro atoms. The molecule has 2 atom stereocenters. The van der Waals surface area contributed by atoms with Gasteiger partial charge in [-0.1, -0.05) is 17.7 Å². The van der Waals surface area contributed by atoms with Gasteiger partial charge in [-0.25, -0.2) is 0 Å². The van der Waals surface area contributed by atoms with E-state index in [1.165, 1.54) is 11.8 Å². The van der Waals surface area contributed by atoms with Crippen molar-refractivity contribution in [2.24, 2.45) is 5.92 Å². The first-order chi connectivity index (χ1) is 7.20. The van der Waals surface area contributed by atoms with Gasteiger partial charge in [0, 0.05) is 22.4 Å². The van der Waals surface area contributed by atoms with E-state index in [-0.39, 0.29) is 12.5 Å². The minimum absolute atomic E-state index is 0.0845. The third-order valence-electron chi connectivity index (χ3n) is 2.55. The summed E-state index contributed by atoms with van der Waals surface area (Å²) in [5.74, 6) is 0.103. The first-order valence-corrected chi connectivity index (χ1v) is 5.86. The Morgan fingerprint density at radius 1 is 1.67 bits per heavy atom. The van der Waals surface area contributed by atoms with Gasteiger partial charge in [-0.3, -0.25) is 0 Å². The van der Waals surface area contributed by atoms with E-state index < -0.39 is 4.75 Å². The fourth-order valence-corrected chi connectivity index (χ4v) is 3.12. The van der Waals surface area contributed by atoms with Crippen LogP contribution in [0.4, 0.5) is 0 Å². The van der Waals surface area contributed by atoms with E-state index in [0.717, 1.165) is 11.3 Å². The molecule has 78 valence electrons. The van der Waals surface area contributed by atoms with E-state index in [1.807, 2.05) is 18.2 Å². The maximum Gasteiger partial charge on any atom is 0.112 e. The number of nitrogens with zero attached hydrogens (tertiary/aromatic N) is 1. The Labute approximate surface area is 97.9 Å². The molecule has 1 fully saturated rings. The van der Waals surface area contributed by atoms with Crippen LogP contribution in [0.3, 0.4) is 0 Å². The van der Waals surface area contributed by atoms with Crippen LogP contribution in [0.2, 0.25) is 5.02 Å². The van der Waals surface area contributed by atoms with Crippen molar-refractivity contribution in [1.29, 1.82) is 5.26 Å². The molecule has 0 heterocycles. The maximum atomic E-state index is 9.07. The molecule has 1 aliphatic carbocycles. The summed E-state index contributed by atoms with van der Waals surface area (Å²) >= 11 is 7.36. The third kappa shape index (κ3) is 2.12. The molecule has 1 N–H and O–H groups in total. The molecule has 1 saturated carbocycles. The van der Waals surface area contributed by atoms with Gasteiger partial charge in [-0.15, -0.1) is 11.8 Å². The van der Waals surface area contributed by atoms with Crippen LogP contribution in [0, 0.1) is 17.2 Å². The summed E-state index contributed by atoms with van der Waals surface area (Å²) < 4.78 is -0.431. The fraction of sp³-hybridized carbons (Fsp3) is 0.364. The lowest BCUT2D eigenvalue weighted by atomic mass is 10.3. The molecule has 0 radical (unpaired) electrons. The summed E-state index contributed by atoms with van der Waals surface area (Å²) in [5, 5.41) is 18.8. The molecular formula is C11H10ClNOS. The van der Waals surface area contributed by atoms with Crippen LogP contribution in [0.15, 0.2) is 29.2 Å². The predicted octanol–water partition coefficient (Wildman–Crippen LogP) is 2.71. The molecule has 0 saturated heterocycles. The average molecular weight is 240 g/mol. The Kier molecular flexibility index (Phi) is 2.92. The summed E-state index contributed by atoms with van der Waals surface area (Å²) in [4.78, 5) is 0.986. The molecule has 0 bridgehead atoms. The fourth-order valence-electron chi connectivity index (χ4n) is 1.54. The van der Waals surface area contributed by atoms with Crippen molar-refractivity contribution in [3.05, 3.63) is 29.3 Å². The van der Waals surface area contributed by atoms with Crippen molar-refractivity contribution in [2.75, 3.05) is 6.61 Å². The van der Waals surface area contributed by atoms with Crippen molar-refractivity contribution in [2.45, 2.75) is 16.1 Å². The van der Waals surface area contributed by atoms with Crippen molar-refractivity contribution in [1.82, 2.24) is 0 Å². The van der Waals surface area contributed by atoms with Crippen LogP contribution in [-0.4, -0.2) is 16.5 Å². The number of hydrogen-bond donors (Lipinski definition) is 1. The lowest BCUT2D eigenvalue weighted by Crippen LogP contribution is -2.05. The van der Waals surface area contributed by atoms with Gasteiger partial charge < -0.3 is 5.11 Å². The normalized spacial score (nSPS) is 28.5. The van der Waals surface area contributed by atoms with E-state index in [9.17, 15) is 0 Å². The SMILES string of the molecule is N#CC1(Sc2cccc(Cl)c2)CC1CO. The minimum Gasteiger partial charge on any atom is -0.396 e. The quantitative estimate of drug-likeness (QED) is 0.882. The van der Waals surface area contributed by atoms with Crippen molar-refractivity contribution in [3.63, 3.8) is 0 Å². The first-order valence-electron chi connectivity index (χ1n) is 4.67. The van der Waals surface area contributed by atoms with Gasteiger partial charge in [-0.2, -0.15) is 5.26 Å². The maximum absolute atomic E-state index is 9.07. The molecule has 2 rings (SSSR count). The molecule has 0 amide bonds. The molecule has 15 heavy (non-hydrogen) atoms. The number of rotatable bonds is 3. The number of hydrogen-bond acceptors (Lipinski definition) is 3. The Balaban J connectivity index is 2.13. The molecule has 4 heteroatoms. The minimum atomic E-state index is -0.431. The monoisotopic (exact) mass is 239 g/mol. The molecule has 0 aliphatic heterocycles. The van der Waals surface area contributed by atoms with Gasteiger partial charge in [0.1, 0.15) is 4.75 Å². The molecule has 1 aromatic carbocycles.